The number of methoxy groups -OCH3 is 3. The first kappa shape index (κ1) is 21.6. The molecule has 7 heteroatoms. The van der Waals surface area contributed by atoms with Crippen molar-refractivity contribution < 1.29 is 14.2 Å². The van der Waals surface area contributed by atoms with Crippen molar-refractivity contribution >= 4 is 17.3 Å². The van der Waals surface area contributed by atoms with Crippen molar-refractivity contribution in [3.05, 3.63) is 42.5 Å². The summed E-state index contributed by atoms with van der Waals surface area (Å²) in [6.45, 7) is 5.65. The number of hydrogen-bond acceptors (Lipinski definition) is 5. The Hall–Kier alpha value is -3.09. The second-order valence-electron chi connectivity index (χ2n) is 7.22. The predicted octanol–water partition coefficient (Wildman–Crippen LogP) is 3.62. The molecule has 2 aromatic carbocycles. The maximum atomic E-state index is 5.39. The molecule has 30 heavy (non-hydrogen) atoms. The van der Waals surface area contributed by atoms with Gasteiger partial charge in [0.05, 0.1) is 21.3 Å². The van der Waals surface area contributed by atoms with Crippen molar-refractivity contribution in [1.29, 1.82) is 0 Å². The lowest BCUT2D eigenvalue weighted by atomic mass is 10.1. The second-order valence-corrected chi connectivity index (χ2v) is 7.22. The second kappa shape index (κ2) is 10.6. The van der Waals surface area contributed by atoms with Gasteiger partial charge >= 0.3 is 0 Å². The summed E-state index contributed by atoms with van der Waals surface area (Å²) in [7, 11) is 4.97. The van der Waals surface area contributed by atoms with Gasteiger partial charge in [-0.3, -0.25) is 4.99 Å². The summed E-state index contributed by atoms with van der Waals surface area (Å²) in [5.41, 5.74) is 2.10. The van der Waals surface area contributed by atoms with Gasteiger partial charge in [-0.05, 0) is 43.5 Å². The molecule has 2 N–H and O–H groups in total. The monoisotopic (exact) mass is 412 g/mol. The van der Waals surface area contributed by atoms with Gasteiger partial charge in [-0.25, -0.2) is 0 Å². The zero-order chi connectivity index (χ0) is 21.3. The first-order chi connectivity index (χ1) is 14.7. The van der Waals surface area contributed by atoms with E-state index in [9.17, 15) is 0 Å². The van der Waals surface area contributed by atoms with Crippen LogP contribution in [-0.4, -0.2) is 53.5 Å². The maximum absolute atomic E-state index is 5.39. The van der Waals surface area contributed by atoms with Crippen LogP contribution in [0.15, 0.2) is 47.5 Å². The summed E-state index contributed by atoms with van der Waals surface area (Å²) < 4.78 is 16.1. The molecule has 0 bridgehead atoms. The zero-order valence-corrected chi connectivity index (χ0v) is 18.3. The van der Waals surface area contributed by atoms with Crippen LogP contribution < -0.4 is 29.7 Å². The Morgan fingerprint density at radius 1 is 1.07 bits per heavy atom. The molecule has 0 saturated carbocycles. The van der Waals surface area contributed by atoms with Crippen LogP contribution in [0.5, 0.6) is 17.2 Å². The van der Waals surface area contributed by atoms with E-state index in [0.717, 1.165) is 50.0 Å². The van der Waals surface area contributed by atoms with Gasteiger partial charge in [0.1, 0.15) is 5.75 Å². The van der Waals surface area contributed by atoms with Gasteiger partial charge in [0.2, 0.25) is 0 Å². The van der Waals surface area contributed by atoms with Crippen molar-refractivity contribution in [2.75, 3.05) is 57.7 Å². The summed E-state index contributed by atoms with van der Waals surface area (Å²) in [6, 6.07) is 14.0. The van der Waals surface area contributed by atoms with Gasteiger partial charge in [0.15, 0.2) is 17.5 Å². The molecule has 1 unspecified atom stereocenters. The van der Waals surface area contributed by atoms with Gasteiger partial charge < -0.3 is 29.7 Å². The molecule has 7 nitrogen and oxygen atoms in total. The fraction of sp³-hybridized carbons (Fsp3) is 0.435. The SMILES string of the molecule is CCNC(=NCC1CCN(c2cccc(OC)c2)C1)Nc1ccc(OC)c(OC)c1. The largest absolute Gasteiger partial charge is 0.497 e. The van der Waals surface area contributed by atoms with Crippen molar-refractivity contribution in [2.45, 2.75) is 13.3 Å². The van der Waals surface area contributed by atoms with Crippen molar-refractivity contribution in [2.24, 2.45) is 10.9 Å². The third-order valence-electron chi connectivity index (χ3n) is 5.20. The quantitative estimate of drug-likeness (QED) is 0.510. The number of aliphatic imine (C=N–C) groups is 1. The summed E-state index contributed by atoms with van der Waals surface area (Å²) >= 11 is 0. The van der Waals surface area contributed by atoms with Crippen LogP contribution in [0.1, 0.15) is 13.3 Å². The molecule has 3 rings (SSSR count). The summed E-state index contributed by atoms with van der Waals surface area (Å²) in [4.78, 5) is 7.22. The minimum atomic E-state index is 0.511. The molecule has 0 amide bonds. The molecule has 2 aromatic rings. The Morgan fingerprint density at radius 3 is 2.63 bits per heavy atom. The third-order valence-corrected chi connectivity index (χ3v) is 5.20. The van der Waals surface area contributed by atoms with Crippen LogP contribution in [-0.2, 0) is 0 Å². The molecule has 1 fully saturated rings. The number of anilines is 2. The molecule has 1 aliphatic heterocycles. The fourth-order valence-electron chi connectivity index (χ4n) is 3.60. The standard InChI is InChI=1S/C23H32N4O3/c1-5-24-23(26-18-9-10-21(29-3)22(13-18)30-4)25-15-17-11-12-27(16-17)19-7-6-8-20(14-19)28-2/h6-10,13-14,17H,5,11-12,15-16H2,1-4H3,(H2,24,25,26). The smallest absolute Gasteiger partial charge is 0.195 e. The fourth-order valence-corrected chi connectivity index (χ4v) is 3.60. The van der Waals surface area contributed by atoms with Crippen LogP contribution in [0.3, 0.4) is 0 Å². The van der Waals surface area contributed by atoms with Crippen molar-refractivity contribution in [3.8, 4) is 17.2 Å². The van der Waals surface area contributed by atoms with Crippen LogP contribution in [0.4, 0.5) is 11.4 Å². The average molecular weight is 413 g/mol. The van der Waals surface area contributed by atoms with Gasteiger partial charge in [0, 0.05) is 49.7 Å². The maximum Gasteiger partial charge on any atom is 0.195 e. The Morgan fingerprint density at radius 2 is 1.90 bits per heavy atom. The highest BCUT2D eigenvalue weighted by atomic mass is 16.5. The molecule has 0 radical (unpaired) electrons. The van der Waals surface area contributed by atoms with Crippen molar-refractivity contribution in [1.82, 2.24) is 5.32 Å². The molecule has 1 atom stereocenters. The lowest BCUT2D eigenvalue weighted by Gasteiger charge is -2.19. The van der Waals surface area contributed by atoms with Gasteiger partial charge in [-0.15, -0.1) is 0 Å². The minimum absolute atomic E-state index is 0.511. The van der Waals surface area contributed by atoms with Gasteiger partial charge in [0.25, 0.3) is 0 Å². The van der Waals surface area contributed by atoms with E-state index < -0.39 is 0 Å². The van der Waals surface area contributed by atoms with E-state index in [2.05, 4.69) is 34.6 Å². The van der Waals surface area contributed by atoms with Crippen LogP contribution >= 0.6 is 0 Å². The van der Waals surface area contributed by atoms with Crippen LogP contribution in [0.2, 0.25) is 0 Å². The van der Waals surface area contributed by atoms with Gasteiger partial charge in [-0.2, -0.15) is 0 Å². The molecule has 0 aromatic heterocycles. The predicted molar refractivity (Wildman–Crippen MR) is 122 cm³/mol. The number of nitrogens with zero attached hydrogens (tertiary/aromatic N) is 2. The minimum Gasteiger partial charge on any atom is -0.497 e. The van der Waals surface area contributed by atoms with E-state index >= 15 is 0 Å². The van der Waals surface area contributed by atoms with E-state index in [1.165, 1.54) is 5.69 Å². The summed E-state index contributed by atoms with van der Waals surface area (Å²) in [5, 5.41) is 6.68. The molecule has 1 saturated heterocycles. The normalized spacial score (nSPS) is 16.3. The van der Waals surface area contributed by atoms with Crippen LogP contribution in [0.25, 0.3) is 0 Å². The van der Waals surface area contributed by atoms with Crippen LogP contribution in [0, 0.1) is 5.92 Å². The van der Waals surface area contributed by atoms with E-state index in [4.69, 9.17) is 19.2 Å². The summed E-state index contributed by atoms with van der Waals surface area (Å²) in [5.74, 6) is 3.56. The number of benzene rings is 2. The highest BCUT2D eigenvalue weighted by molar-refractivity contribution is 5.93. The van der Waals surface area contributed by atoms with E-state index in [-0.39, 0.29) is 0 Å². The van der Waals surface area contributed by atoms with Crippen molar-refractivity contribution in [3.63, 3.8) is 0 Å². The number of rotatable bonds is 8. The zero-order valence-electron chi connectivity index (χ0n) is 18.3. The van der Waals surface area contributed by atoms with Gasteiger partial charge in [-0.1, -0.05) is 6.07 Å². The van der Waals surface area contributed by atoms with E-state index in [1.54, 1.807) is 21.3 Å². The molecule has 0 spiro atoms. The Balaban J connectivity index is 1.62. The Labute approximate surface area is 179 Å². The molecule has 0 aliphatic carbocycles. The molecule has 1 aliphatic rings. The number of guanidine groups is 1. The average Bonchev–Trinajstić information content (AvgIpc) is 3.26. The van der Waals surface area contributed by atoms with E-state index in [1.807, 2.05) is 30.3 Å². The first-order valence-electron chi connectivity index (χ1n) is 10.3. The Kier molecular flexibility index (Phi) is 7.65. The lowest BCUT2D eigenvalue weighted by molar-refractivity contribution is 0.355. The highest BCUT2D eigenvalue weighted by Crippen LogP contribution is 2.30. The molecular formula is C23H32N4O3. The third kappa shape index (κ3) is 5.49. The Bertz CT molecular complexity index is 856. The highest BCUT2D eigenvalue weighted by Gasteiger charge is 2.23. The van der Waals surface area contributed by atoms with E-state index in [0.29, 0.717) is 17.4 Å². The first-order valence-corrected chi connectivity index (χ1v) is 10.3. The number of ether oxygens (including phenoxy) is 3. The topological polar surface area (TPSA) is 67.4 Å². The number of hydrogen-bond donors (Lipinski definition) is 2. The molecule has 162 valence electrons. The summed E-state index contributed by atoms with van der Waals surface area (Å²) in [6.07, 6.45) is 1.12. The molecular weight excluding hydrogens is 380 g/mol. The molecule has 1 heterocycles. The number of nitrogens with one attached hydrogen (secondary N) is 2. The lowest BCUT2D eigenvalue weighted by Crippen LogP contribution is -2.31.